The van der Waals surface area contributed by atoms with E-state index in [0.717, 1.165) is 30.5 Å². The molecule has 4 atom stereocenters. The fraction of sp³-hybridized carbons (Fsp3) is 0.500. The number of aromatic nitrogens is 2. The second-order valence-corrected chi connectivity index (χ2v) is 11.2. The average Bonchev–Trinajstić information content (AvgIpc) is 3.59. The van der Waals surface area contributed by atoms with Crippen LogP contribution in [0.2, 0.25) is 0 Å². The number of amides is 2. The van der Waals surface area contributed by atoms with Crippen LogP contribution in [0.1, 0.15) is 51.2 Å². The maximum absolute atomic E-state index is 15.1. The molecule has 4 rings (SSSR count). The number of hydrogen-bond acceptors (Lipinski definition) is 6. The van der Waals surface area contributed by atoms with Crippen LogP contribution in [0.25, 0.3) is 11.4 Å². The predicted octanol–water partition coefficient (Wildman–Crippen LogP) is 3.88. The highest BCUT2D eigenvalue weighted by molar-refractivity contribution is 5.87. The van der Waals surface area contributed by atoms with Gasteiger partial charge in [0.2, 0.25) is 5.91 Å². The summed E-state index contributed by atoms with van der Waals surface area (Å²) < 4.78 is 22.2. The van der Waals surface area contributed by atoms with Crippen LogP contribution in [0.3, 0.4) is 0 Å². The van der Waals surface area contributed by atoms with Crippen molar-refractivity contribution < 1.29 is 18.7 Å². The lowest BCUT2D eigenvalue weighted by Crippen LogP contribution is -2.55. The number of halogens is 1. The number of benzene rings is 1. The number of nitrogens with zero attached hydrogens (tertiary/aromatic N) is 5. The molecule has 1 saturated heterocycles. The second-order valence-electron chi connectivity index (χ2n) is 11.2. The van der Waals surface area contributed by atoms with Gasteiger partial charge in [0.1, 0.15) is 23.5 Å². The van der Waals surface area contributed by atoms with Gasteiger partial charge >= 0.3 is 6.09 Å². The van der Waals surface area contributed by atoms with Crippen LogP contribution in [-0.2, 0) is 16.0 Å². The minimum atomic E-state index is -0.956. The Kier molecular flexibility index (Phi) is 7.49. The number of carbonyl (C=O) groups excluding carboxylic acids is 2. The highest BCUT2D eigenvalue weighted by Crippen LogP contribution is 2.43. The third kappa shape index (κ3) is 5.67. The smallest absolute Gasteiger partial charge is 0.411 e. The molecule has 2 bridgehead atoms. The maximum Gasteiger partial charge on any atom is 0.411 e. The van der Waals surface area contributed by atoms with Crippen molar-refractivity contribution in [1.29, 1.82) is 5.26 Å². The molecule has 9 nitrogen and oxygen atoms in total. The number of rotatable bonds is 7. The van der Waals surface area contributed by atoms with E-state index in [2.05, 4.69) is 23.1 Å². The summed E-state index contributed by atoms with van der Waals surface area (Å²) in [5.41, 5.74) is 1.73. The van der Waals surface area contributed by atoms with Crippen LogP contribution in [0.15, 0.2) is 37.2 Å². The summed E-state index contributed by atoms with van der Waals surface area (Å²) in [6.45, 7) is 9.35. The number of piperidine rings is 1. The van der Waals surface area contributed by atoms with Crippen molar-refractivity contribution in [1.82, 2.24) is 24.9 Å². The molecule has 0 unspecified atom stereocenters. The molecule has 10 heteroatoms. The number of nitrogens with one attached hydrogen (secondary N) is 1. The Morgan fingerprint density at radius 3 is 2.71 bits per heavy atom. The molecule has 1 saturated carbocycles. The number of nitriles is 1. The third-order valence-corrected chi connectivity index (χ3v) is 7.11. The van der Waals surface area contributed by atoms with Crippen molar-refractivity contribution in [3.05, 3.63) is 54.1 Å². The lowest BCUT2D eigenvalue weighted by atomic mass is 9.97. The first-order chi connectivity index (χ1) is 17.9. The van der Waals surface area contributed by atoms with Gasteiger partial charge in [-0.3, -0.25) is 9.69 Å². The summed E-state index contributed by atoms with van der Waals surface area (Å²) in [6, 6.07) is 5.02. The summed E-state index contributed by atoms with van der Waals surface area (Å²) in [5.74, 6) is -0.891. The van der Waals surface area contributed by atoms with Crippen molar-refractivity contribution in [3.63, 3.8) is 0 Å². The highest BCUT2D eigenvalue weighted by Gasteiger charge is 2.52. The van der Waals surface area contributed by atoms with Gasteiger partial charge in [0, 0.05) is 44.0 Å². The number of likely N-dealkylation sites (tertiary alicyclic amines) is 1. The lowest BCUT2D eigenvalue weighted by molar-refractivity contribution is -0.128. The lowest BCUT2D eigenvalue weighted by Gasteiger charge is -2.35. The van der Waals surface area contributed by atoms with Gasteiger partial charge < -0.3 is 15.0 Å². The van der Waals surface area contributed by atoms with Gasteiger partial charge in [0.05, 0.1) is 18.0 Å². The molecule has 202 valence electrons. The van der Waals surface area contributed by atoms with Gasteiger partial charge in [-0.15, -0.1) is 0 Å². The Bertz CT molecular complexity index is 1270. The van der Waals surface area contributed by atoms with Crippen molar-refractivity contribution in [2.24, 2.45) is 5.92 Å². The summed E-state index contributed by atoms with van der Waals surface area (Å²) in [4.78, 5) is 29.5. The number of hydrogen-bond donors (Lipinski definition) is 1. The van der Waals surface area contributed by atoms with Crippen LogP contribution in [0, 0.1) is 23.1 Å². The Labute approximate surface area is 222 Å². The van der Waals surface area contributed by atoms with Crippen molar-refractivity contribution in [2.45, 2.75) is 70.2 Å². The first-order valence-electron chi connectivity index (χ1n) is 12.8. The molecule has 1 N–H and O–H groups in total. The number of carbonyl (C=O) groups is 2. The zero-order valence-corrected chi connectivity index (χ0v) is 22.6. The maximum atomic E-state index is 15.1. The molecule has 2 aromatic rings. The summed E-state index contributed by atoms with van der Waals surface area (Å²) in [5, 5.41) is 16.8. The van der Waals surface area contributed by atoms with Gasteiger partial charge in [-0.25, -0.2) is 13.9 Å². The van der Waals surface area contributed by atoms with Crippen LogP contribution in [0.4, 0.5) is 9.18 Å². The van der Waals surface area contributed by atoms with Gasteiger partial charge in [-0.05, 0) is 63.6 Å². The number of fused-ring (bicyclic) bond motifs is 2. The normalized spacial score (nSPS) is 21.1. The van der Waals surface area contributed by atoms with E-state index in [1.807, 2.05) is 19.0 Å². The van der Waals surface area contributed by atoms with E-state index in [-0.39, 0.29) is 18.4 Å². The van der Waals surface area contributed by atoms with E-state index >= 15 is 4.39 Å². The van der Waals surface area contributed by atoms with E-state index in [1.165, 1.54) is 11.0 Å². The molecule has 2 aliphatic rings. The SMILES string of the molecule is C=C(c1cnn(-c2ccc(C[C@@H](C#N)NC(=O)[C@@H]3[C@H]4CC[C@H](C4)N3C(=O)OC(C)(C)C)c(F)c2)c1)N(C)C. The van der Waals surface area contributed by atoms with E-state index in [4.69, 9.17) is 4.74 Å². The fourth-order valence-corrected chi connectivity index (χ4v) is 5.22. The Morgan fingerprint density at radius 1 is 1.34 bits per heavy atom. The summed E-state index contributed by atoms with van der Waals surface area (Å²) in [6.07, 6.45) is 5.30. The molecule has 1 aromatic carbocycles. The van der Waals surface area contributed by atoms with Gasteiger partial charge in [0.15, 0.2) is 0 Å². The minimum absolute atomic E-state index is 0.0105. The zero-order valence-electron chi connectivity index (χ0n) is 22.6. The van der Waals surface area contributed by atoms with Crippen LogP contribution in [-0.4, -0.2) is 69.4 Å². The van der Waals surface area contributed by atoms with Crippen LogP contribution >= 0.6 is 0 Å². The van der Waals surface area contributed by atoms with Gasteiger partial charge in [0.25, 0.3) is 0 Å². The van der Waals surface area contributed by atoms with Gasteiger partial charge in [-0.2, -0.15) is 10.4 Å². The molecule has 1 aliphatic carbocycles. The second kappa shape index (κ2) is 10.5. The topological polar surface area (TPSA) is 103 Å². The fourth-order valence-electron chi connectivity index (χ4n) is 5.22. The predicted molar refractivity (Wildman–Crippen MR) is 140 cm³/mol. The quantitative estimate of drug-likeness (QED) is 0.592. The third-order valence-electron chi connectivity index (χ3n) is 7.11. The van der Waals surface area contributed by atoms with Gasteiger partial charge in [-0.1, -0.05) is 12.6 Å². The van der Waals surface area contributed by atoms with Crippen LogP contribution in [0.5, 0.6) is 0 Å². The Hall–Kier alpha value is -3.87. The molecule has 2 heterocycles. The highest BCUT2D eigenvalue weighted by atomic mass is 19.1. The molecular weight excluding hydrogens is 487 g/mol. The minimum Gasteiger partial charge on any atom is -0.444 e. The molecule has 2 fully saturated rings. The zero-order chi connectivity index (χ0) is 27.8. The van der Waals surface area contributed by atoms with Crippen molar-refractivity contribution in [2.75, 3.05) is 14.1 Å². The largest absolute Gasteiger partial charge is 0.444 e. The molecule has 38 heavy (non-hydrogen) atoms. The van der Waals surface area contributed by atoms with E-state index in [1.54, 1.807) is 50.0 Å². The van der Waals surface area contributed by atoms with E-state index in [0.29, 0.717) is 11.3 Å². The van der Waals surface area contributed by atoms with E-state index in [9.17, 15) is 14.9 Å². The molecule has 0 radical (unpaired) electrons. The molecular formula is C28H35FN6O3. The average molecular weight is 523 g/mol. The Morgan fingerprint density at radius 2 is 2.08 bits per heavy atom. The summed E-state index contributed by atoms with van der Waals surface area (Å²) in [7, 11) is 3.76. The van der Waals surface area contributed by atoms with E-state index < -0.39 is 35.5 Å². The number of ether oxygens (including phenoxy) is 1. The monoisotopic (exact) mass is 522 g/mol. The molecule has 1 aliphatic heterocycles. The first-order valence-corrected chi connectivity index (χ1v) is 12.8. The van der Waals surface area contributed by atoms with Crippen molar-refractivity contribution in [3.8, 4) is 11.8 Å². The molecule has 2 amide bonds. The molecule has 0 spiro atoms. The summed E-state index contributed by atoms with van der Waals surface area (Å²) >= 11 is 0. The van der Waals surface area contributed by atoms with Crippen molar-refractivity contribution >= 4 is 17.7 Å². The van der Waals surface area contributed by atoms with Crippen LogP contribution < -0.4 is 5.32 Å². The first kappa shape index (κ1) is 27.2. The standard InChI is InChI=1S/C28H35FN6O3/c1-17(33(5)6)20-15-31-34(16-20)22-9-7-18(24(29)13-22)11-21(14-30)32-26(36)25-19-8-10-23(12-19)35(25)27(37)38-28(2,3)4/h7,9,13,15-16,19,21,23,25H,1,8,10-12H2,2-6H3,(H,32,36)/t19-,21-,23+,25-/m0/s1. The molecule has 1 aromatic heterocycles. The Balaban J connectivity index is 1.44.